The lowest BCUT2D eigenvalue weighted by Crippen LogP contribution is -1.97. The zero-order chi connectivity index (χ0) is 14.5. The number of hydrogen-bond donors (Lipinski definition) is 0. The van der Waals surface area contributed by atoms with E-state index in [1.807, 2.05) is 6.07 Å². The Morgan fingerprint density at radius 3 is 2.25 bits per heavy atom. The van der Waals surface area contributed by atoms with Crippen molar-refractivity contribution < 1.29 is 9.13 Å². The number of hydrogen-bond acceptors (Lipinski definition) is 1. The van der Waals surface area contributed by atoms with Crippen molar-refractivity contribution in [1.29, 1.82) is 0 Å². The first kappa shape index (κ1) is 14.6. The number of rotatable bonds is 5. The van der Waals surface area contributed by atoms with Crippen LogP contribution in [0.2, 0.25) is 0 Å². The maximum absolute atomic E-state index is 13.7. The highest BCUT2D eigenvalue weighted by Gasteiger charge is 2.06. The molecule has 1 unspecified atom stereocenters. The normalized spacial score (nSPS) is 12.2. The van der Waals surface area contributed by atoms with Crippen molar-refractivity contribution in [3.8, 4) is 16.9 Å². The standard InChI is InChI=1S/C18H21FO/c1-4-13(2)11-14-5-7-15(8-6-14)16-9-10-18(20-3)17(19)12-16/h5-10,12-13H,4,11H2,1-3H3. The molecule has 0 amide bonds. The van der Waals surface area contributed by atoms with E-state index in [1.54, 1.807) is 6.07 Å². The zero-order valence-corrected chi connectivity index (χ0v) is 12.3. The molecule has 0 aliphatic heterocycles. The zero-order valence-electron chi connectivity index (χ0n) is 12.3. The van der Waals surface area contributed by atoms with Gasteiger partial charge in [0.15, 0.2) is 11.6 Å². The third-order valence-electron chi connectivity index (χ3n) is 3.72. The molecule has 2 rings (SSSR count). The van der Waals surface area contributed by atoms with E-state index in [4.69, 9.17) is 4.74 Å². The van der Waals surface area contributed by atoms with Crippen molar-refractivity contribution >= 4 is 0 Å². The molecule has 0 fully saturated rings. The van der Waals surface area contributed by atoms with Crippen molar-refractivity contribution in [3.05, 3.63) is 53.8 Å². The first-order valence-electron chi connectivity index (χ1n) is 7.07. The molecule has 1 atom stereocenters. The Bertz CT molecular complexity index is 560. The minimum Gasteiger partial charge on any atom is -0.494 e. The maximum Gasteiger partial charge on any atom is 0.165 e. The van der Waals surface area contributed by atoms with Crippen LogP contribution in [0.15, 0.2) is 42.5 Å². The number of ether oxygens (including phenoxy) is 1. The predicted molar refractivity (Wildman–Crippen MR) is 81.5 cm³/mol. The molecule has 0 radical (unpaired) electrons. The van der Waals surface area contributed by atoms with E-state index >= 15 is 0 Å². The lowest BCUT2D eigenvalue weighted by molar-refractivity contribution is 0.386. The second-order valence-corrected chi connectivity index (χ2v) is 5.26. The summed E-state index contributed by atoms with van der Waals surface area (Å²) in [5.41, 5.74) is 3.23. The molecule has 0 saturated carbocycles. The van der Waals surface area contributed by atoms with Gasteiger partial charge in [0.1, 0.15) is 0 Å². The molecule has 1 nitrogen and oxygen atoms in total. The van der Waals surface area contributed by atoms with E-state index in [0.717, 1.165) is 17.5 Å². The molecule has 0 saturated heterocycles. The van der Waals surface area contributed by atoms with Gasteiger partial charge in [0.2, 0.25) is 0 Å². The molecule has 2 aromatic carbocycles. The summed E-state index contributed by atoms with van der Waals surface area (Å²) < 4.78 is 18.6. The van der Waals surface area contributed by atoms with Crippen LogP contribution in [0.5, 0.6) is 5.75 Å². The van der Waals surface area contributed by atoms with Gasteiger partial charge in [0, 0.05) is 0 Å². The minimum atomic E-state index is -0.325. The van der Waals surface area contributed by atoms with Crippen molar-refractivity contribution in [2.24, 2.45) is 5.92 Å². The van der Waals surface area contributed by atoms with Gasteiger partial charge in [-0.25, -0.2) is 4.39 Å². The summed E-state index contributed by atoms with van der Waals surface area (Å²) in [4.78, 5) is 0. The lowest BCUT2D eigenvalue weighted by Gasteiger charge is -2.10. The monoisotopic (exact) mass is 272 g/mol. The Morgan fingerprint density at radius 2 is 1.70 bits per heavy atom. The van der Waals surface area contributed by atoms with Crippen molar-refractivity contribution in [3.63, 3.8) is 0 Å². The van der Waals surface area contributed by atoms with Crippen LogP contribution in [0.1, 0.15) is 25.8 Å². The third-order valence-corrected chi connectivity index (χ3v) is 3.72. The molecule has 20 heavy (non-hydrogen) atoms. The second-order valence-electron chi connectivity index (χ2n) is 5.26. The van der Waals surface area contributed by atoms with E-state index < -0.39 is 0 Å². The van der Waals surface area contributed by atoms with Crippen LogP contribution in [0.4, 0.5) is 4.39 Å². The highest BCUT2D eigenvalue weighted by atomic mass is 19.1. The van der Waals surface area contributed by atoms with Crippen molar-refractivity contribution in [2.45, 2.75) is 26.7 Å². The Kier molecular flexibility index (Phi) is 4.78. The fourth-order valence-corrected chi connectivity index (χ4v) is 2.23. The molecule has 0 aromatic heterocycles. The number of methoxy groups -OCH3 is 1. The fourth-order valence-electron chi connectivity index (χ4n) is 2.23. The Morgan fingerprint density at radius 1 is 1.05 bits per heavy atom. The van der Waals surface area contributed by atoms with Gasteiger partial charge < -0.3 is 4.74 Å². The molecule has 0 bridgehead atoms. The van der Waals surface area contributed by atoms with E-state index in [-0.39, 0.29) is 11.6 Å². The highest BCUT2D eigenvalue weighted by Crippen LogP contribution is 2.26. The summed E-state index contributed by atoms with van der Waals surface area (Å²) in [6.07, 6.45) is 2.28. The quantitative estimate of drug-likeness (QED) is 0.736. The number of benzene rings is 2. The average molecular weight is 272 g/mol. The molecule has 0 spiro atoms. The molecule has 106 valence electrons. The topological polar surface area (TPSA) is 9.23 Å². The van der Waals surface area contributed by atoms with E-state index in [1.165, 1.54) is 25.2 Å². The van der Waals surface area contributed by atoms with Crippen LogP contribution in [-0.2, 0) is 6.42 Å². The van der Waals surface area contributed by atoms with Gasteiger partial charge in [-0.05, 0) is 41.2 Å². The molecule has 2 heteroatoms. The molecule has 2 aromatic rings. The number of halogens is 1. The van der Waals surface area contributed by atoms with Gasteiger partial charge in [-0.3, -0.25) is 0 Å². The summed E-state index contributed by atoms with van der Waals surface area (Å²) >= 11 is 0. The smallest absolute Gasteiger partial charge is 0.165 e. The summed E-state index contributed by atoms with van der Waals surface area (Å²) in [6, 6.07) is 13.4. The maximum atomic E-state index is 13.7. The van der Waals surface area contributed by atoms with E-state index in [2.05, 4.69) is 38.1 Å². The summed E-state index contributed by atoms with van der Waals surface area (Å²) in [5.74, 6) is 0.648. The Labute approximate surface area is 120 Å². The Hall–Kier alpha value is -1.83. The third kappa shape index (κ3) is 3.38. The van der Waals surface area contributed by atoms with Gasteiger partial charge in [-0.15, -0.1) is 0 Å². The molecule has 0 aliphatic carbocycles. The van der Waals surface area contributed by atoms with E-state index in [0.29, 0.717) is 5.92 Å². The predicted octanol–water partition coefficient (Wildman–Crippen LogP) is 5.09. The van der Waals surface area contributed by atoms with Gasteiger partial charge >= 0.3 is 0 Å². The highest BCUT2D eigenvalue weighted by molar-refractivity contribution is 5.64. The Balaban J connectivity index is 2.19. The van der Waals surface area contributed by atoms with Crippen LogP contribution in [0.3, 0.4) is 0 Å². The molecular formula is C18H21FO. The van der Waals surface area contributed by atoms with E-state index in [9.17, 15) is 4.39 Å². The van der Waals surface area contributed by atoms with Gasteiger partial charge in [0.25, 0.3) is 0 Å². The SMILES string of the molecule is CCC(C)Cc1ccc(-c2ccc(OC)c(F)c2)cc1. The largest absolute Gasteiger partial charge is 0.494 e. The second kappa shape index (κ2) is 6.56. The summed E-state index contributed by atoms with van der Waals surface area (Å²) in [6.45, 7) is 4.46. The lowest BCUT2D eigenvalue weighted by atomic mass is 9.97. The first-order valence-corrected chi connectivity index (χ1v) is 7.07. The van der Waals surface area contributed by atoms with Crippen LogP contribution < -0.4 is 4.74 Å². The molecule has 0 heterocycles. The summed E-state index contributed by atoms with van der Waals surface area (Å²) in [7, 11) is 1.47. The molecule has 0 aliphatic rings. The van der Waals surface area contributed by atoms with Crippen LogP contribution in [0, 0.1) is 11.7 Å². The van der Waals surface area contributed by atoms with Crippen LogP contribution >= 0.6 is 0 Å². The first-order chi connectivity index (χ1) is 9.63. The van der Waals surface area contributed by atoms with Gasteiger partial charge in [-0.1, -0.05) is 50.6 Å². The minimum absolute atomic E-state index is 0.280. The van der Waals surface area contributed by atoms with Crippen LogP contribution in [0.25, 0.3) is 11.1 Å². The van der Waals surface area contributed by atoms with Gasteiger partial charge in [0.05, 0.1) is 7.11 Å². The molecular weight excluding hydrogens is 251 g/mol. The van der Waals surface area contributed by atoms with Crippen molar-refractivity contribution in [2.75, 3.05) is 7.11 Å². The summed E-state index contributed by atoms with van der Waals surface area (Å²) in [5, 5.41) is 0. The van der Waals surface area contributed by atoms with Gasteiger partial charge in [-0.2, -0.15) is 0 Å². The fraction of sp³-hybridized carbons (Fsp3) is 0.333. The average Bonchev–Trinajstić information content (AvgIpc) is 2.47. The molecule has 0 N–H and O–H groups in total. The van der Waals surface area contributed by atoms with Crippen LogP contribution in [-0.4, -0.2) is 7.11 Å². The van der Waals surface area contributed by atoms with Crippen molar-refractivity contribution in [1.82, 2.24) is 0 Å².